The molecule has 1 aliphatic heterocycles. The predicted molar refractivity (Wildman–Crippen MR) is 77.4 cm³/mol. The first-order chi connectivity index (χ1) is 8.65. The molecule has 18 heavy (non-hydrogen) atoms. The molecule has 1 N–H and O–H groups in total. The van der Waals surface area contributed by atoms with Crippen LogP contribution in [-0.4, -0.2) is 23.4 Å². The van der Waals surface area contributed by atoms with Crippen LogP contribution in [0.2, 0.25) is 5.02 Å². The first-order valence-electron chi connectivity index (χ1n) is 5.87. The number of aliphatic imine (C=N–C) groups is 1. The van der Waals surface area contributed by atoms with Gasteiger partial charge in [-0.15, -0.1) is 0 Å². The first-order valence-corrected chi connectivity index (χ1v) is 7.23. The lowest BCUT2D eigenvalue weighted by Crippen LogP contribution is -2.27. The molecule has 1 aromatic carbocycles. The summed E-state index contributed by atoms with van der Waals surface area (Å²) in [5.74, 6) is 0.975. The standard InChI is InChI=1S/C13H15ClN2OS/c1-9-2-3-10(8-11(9)14)4-5-12(17)16-13-15-6-7-18-13/h2-3,8H,4-7H2,1H3,(H,15,16,17). The maximum Gasteiger partial charge on any atom is 0.226 e. The number of hydrogen-bond donors (Lipinski definition) is 1. The van der Waals surface area contributed by atoms with Crippen molar-refractivity contribution in [1.82, 2.24) is 5.32 Å². The van der Waals surface area contributed by atoms with Crippen molar-refractivity contribution >= 4 is 34.4 Å². The van der Waals surface area contributed by atoms with Gasteiger partial charge in [-0.1, -0.05) is 35.5 Å². The predicted octanol–water partition coefficient (Wildman–Crippen LogP) is 2.80. The Balaban J connectivity index is 1.83. The molecule has 0 aromatic heterocycles. The van der Waals surface area contributed by atoms with Gasteiger partial charge in [-0.05, 0) is 30.5 Å². The number of carbonyl (C=O) groups is 1. The normalized spacial score (nSPS) is 14.4. The van der Waals surface area contributed by atoms with Gasteiger partial charge in [0, 0.05) is 17.2 Å². The zero-order chi connectivity index (χ0) is 13.0. The fraction of sp³-hybridized carbons (Fsp3) is 0.385. The molecule has 0 aliphatic carbocycles. The zero-order valence-electron chi connectivity index (χ0n) is 10.2. The van der Waals surface area contributed by atoms with Gasteiger partial charge in [-0.3, -0.25) is 9.79 Å². The molecule has 0 saturated heterocycles. The molecule has 1 heterocycles. The summed E-state index contributed by atoms with van der Waals surface area (Å²) < 4.78 is 0. The van der Waals surface area contributed by atoms with E-state index in [-0.39, 0.29) is 5.91 Å². The van der Waals surface area contributed by atoms with Crippen LogP contribution in [0.5, 0.6) is 0 Å². The second kappa shape index (κ2) is 6.25. The molecule has 1 aliphatic rings. The SMILES string of the molecule is Cc1ccc(CCC(=O)NC2=NCCS2)cc1Cl. The lowest BCUT2D eigenvalue weighted by atomic mass is 10.1. The third kappa shape index (κ3) is 3.75. The number of hydrogen-bond acceptors (Lipinski definition) is 3. The molecular weight excluding hydrogens is 268 g/mol. The second-order valence-electron chi connectivity index (χ2n) is 4.17. The van der Waals surface area contributed by atoms with Crippen LogP contribution in [0.25, 0.3) is 0 Å². The van der Waals surface area contributed by atoms with Gasteiger partial charge in [0.15, 0.2) is 5.17 Å². The molecule has 96 valence electrons. The van der Waals surface area contributed by atoms with Crippen molar-refractivity contribution in [3.63, 3.8) is 0 Å². The van der Waals surface area contributed by atoms with Crippen LogP contribution in [0, 0.1) is 6.92 Å². The van der Waals surface area contributed by atoms with Crippen molar-refractivity contribution in [3.05, 3.63) is 34.3 Å². The van der Waals surface area contributed by atoms with E-state index in [1.165, 1.54) is 0 Å². The Kier molecular flexibility index (Phi) is 4.66. The number of aryl methyl sites for hydroxylation is 2. The minimum absolute atomic E-state index is 0.0137. The number of amidine groups is 1. The average Bonchev–Trinajstić information content (AvgIpc) is 2.83. The van der Waals surface area contributed by atoms with Crippen LogP contribution in [0.15, 0.2) is 23.2 Å². The smallest absolute Gasteiger partial charge is 0.226 e. The minimum Gasteiger partial charge on any atom is -0.305 e. The number of nitrogens with zero attached hydrogens (tertiary/aromatic N) is 1. The highest BCUT2D eigenvalue weighted by atomic mass is 35.5. The largest absolute Gasteiger partial charge is 0.305 e. The van der Waals surface area contributed by atoms with E-state index in [1.807, 2.05) is 25.1 Å². The highest BCUT2D eigenvalue weighted by molar-refractivity contribution is 8.14. The van der Waals surface area contributed by atoms with Crippen molar-refractivity contribution < 1.29 is 4.79 Å². The van der Waals surface area contributed by atoms with Crippen LogP contribution < -0.4 is 5.32 Å². The summed E-state index contributed by atoms with van der Waals surface area (Å²) in [6.45, 7) is 2.77. The van der Waals surface area contributed by atoms with Crippen LogP contribution in [0.4, 0.5) is 0 Å². The van der Waals surface area contributed by atoms with Gasteiger partial charge >= 0.3 is 0 Å². The summed E-state index contributed by atoms with van der Waals surface area (Å²) in [6, 6.07) is 5.91. The molecule has 0 unspecified atom stereocenters. The second-order valence-corrected chi connectivity index (χ2v) is 5.66. The lowest BCUT2D eigenvalue weighted by molar-refractivity contribution is -0.119. The fourth-order valence-electron chi connectivity index (χ4n) is 1.64. The Morgan fingerprint density at radius 2 is 2.39 bits per heavy atom. The monoisotopic (exact) mass is 282 g/mol. The molecule has 5 heteroatoms. The Morgan fingerprint density at radius 3 is 3.06 bits per heavy atom. The average molecular weight is 283 g/mol. The summed E-state index contributed by atoms with van der Waals surface area (Å²) in [6.07, 6.45) is 1.16. The van der Waals surface area contributed by atoms with Crippen molar-refractivity contribution in [2.24, 2.45) is 4.99 Å². The molecular formula is C13H15ClN2OS. The summed E-state index contributed by atoms with van der Waals surface area (Å²) in [7, 11) is 0. The van der Waals surface area contributed by atoms with Gasteiger partial charge in [0.2, 0.25) is 5.91 Å². The van der Waals surface area contributed by atoms with Gasteiger partial charge in [0.1, 0.15) is 0 Å². The topological polar surface area (TPSA) is 41.5 Å². The Labute approximate surface area is 116 Å². The summed E-state index contributed by atoms with van der Waals surface area (Å²) >= 11 is 7.64. The molecule has 1 aromatic rings. The number of halogens is 1. The van der Waals surface area contributed by atoms with Crippen LogP contribution in [-0.2, 0) is 11.2 Å². The number of nitrogens with one attached hydrogen (secondary N) is 1. The van der Waals surface area contributed by atoms with Gasteiger partial charge < -0.3 is 5.32 Å². The number of rotatable bonds is 3. The minimum atomic E-state index is 0.0137. The summed E-state index contributed by atoms with van der Waals surface area (Å²) in [5, 5.41) is 4.32. The Hall–Kier alpha value is -1.00. The molecule has 0 fully saturated rings. The van der Waals surface area contributed by atoms with Crippen LogP contribution >= 0.6 is 23.4 Å². The maximum absolute atomic E-state index is 11.7. The Morgan fingerprint density at radius 1 is 1.56 bits per heavy atom. The Bertz CT molecular complexity index is 488. The molecule has 2 rings (SSSR count). The molecule has 0 spiro atoms. The molecule has 0 atom stereocenters. The third-order valence-corrected chi connectivity index (χ3v) is 4.01. The highest BCUT2D eigenvalue weighted by Gasteiger charge is 2.10. The zero-order valence-corrected chi connectivity index (χ0v) is 11.8. The van der Waals surface area contributed by atoms with E-state index in [0.717, 1.165) is 33.6 Å². The lowest BCUT2D eigenvalue weighted by Gasteiger charge is -2.05. The van der Waals surface area contributed by atoms with E-state index >= 15 is 0 Å². The third-order valence-electron chi connectivity index (χ3n) is 2.71. The van der Waals surface area contributed by atoms with E-state index in [0.29, 0.717) is 12.8 Å². The maximum atomic E-state index is 11.7. The molecule has 1 amide bonds. The van der Waals surface area contributed by atoms with Crippen LogP contribution in [0.3, 0.4) is 0 Å². The van der Waals surface area contributed by atoms with E-state index in [1.54, 1.807) is 11.8 Å². The number of amides is 1. The van der Waals surface area contributed by atoms with E-state index in [9.17, 15) is 4.79 Å². The van der Waals surface area contributed by atoms with Crippen LogP contribution in [0.1, 0.15) is 17.5 Å². The number of benzene rings is 1. The summed E-state index contributed by atoms with van der Waals surface area (Å²) in [5.41, 5.74) is 2.14. The van der Waals surface area contributed by atoms with Gasteiger partial charge in [0.05, 0.1) is 6.54 Å². The van der Waals surface area contributed by atoms with E-state index < -0.39 is 0 Å². The first kappa shape index (κ1) is 13.4. The molecule has 0 bridgehead atoms. The van der Waals surface area contributed by atoms with Gasteiger partial charge in [0.25, 0.3) is 0 Å². The molecule has 0 radical (unpaired) electrons. The van der Waals surface area contributed by atoms with Gasteiger partial charge in [-0.2, -0.15) is 0 Å². The highest BCUT2D eigenvalue weighted by Crippen LogP contribution is 2.17. The van der Waals surface area contributed by atoms with Crippen molar-refractivity contribution in [2.75, 3.05) is 12.3 Å². The molecule has 3 nitrogen and oxygen atoms in total. The van der Waals surface area contributed by atoms with Crippen molar-refractivity contribution in [2.45, 2.75) is 19.8 Å². The number of carbonyl (C=O) groups excluding carboxylic acids is 1. The van der Waals surface area contributed by atoms with Crippen molar-refractivity contribution in [1.29, 1.82) is 0 Å². The quantitative estimate of drug-likeness (QED) is 0.926. The van der Waals surface area contributed by atoms with E-state index in [4.69, 9.17) is 11.6 Å². The van der Waals surface area contributed by atoms with Crippen molar-refractivity contribution in [3.8, 4) is 0 Å². The fourth-order valence-corrected chi connectivity index (χ4v) is 2.59. The van der Waals surface area contributed by atoms with Gasteiger partial charge in [-0.25, -0.2) is 0 Å². The molecule has 0 saturated carbocycles. The summed E-state index contributed by atoms with van der Waals surface area (Å²) in [4.78, 5) is 15.9. The van der Waals surface area contributed by atoms with E-state index in [2.05, 4.69) is 10.3 Å². The number of thioether (sulfide) groups is 1.